The van der Waals surface area contributed by atoms with Crippen LogP contribution in [0.15, 0.2) is 109 Å². The first-order valence-corrected chi connectivity index (χ1v) is 11.2. The van der Waals surface area contributed by atoms with Crippen LogP contribution < -0.4 is 0 Å². The first-order chi connectivity index (χ1) is 16.8. The molecule has 0 amide bonds. The van der Waals surface area contributed by atoms with Gasteiger partial charge >= 0.3 is 0 Å². The standard InChI is InChI=1S/C30H18N4/c1-2-8-24(26-16-14-22-12-10-20-6-4-18-32-28(20)30(22)34-26)23(7-1)25-15-13-21-11-9-19-5-3-17-31-27(19)29(21)33-25/h1-18H. The van der Waals surface area contributed by atoms with E-state index in [2.05, 4.69) is 82.8 Å². The smallest absolute Gasteiger partial charge is 0.0972 e. The lowest BCUT2D eigenvalue weighted by molar-refractivity contribution is 1.35. The minimum absolute atomic E-state index is 0.902. The van der Waals surface area contributed by atoms with E-state index in [1.165, 1.54) is 0 Å². The van der Waals surface area contributed by atoms with Crippen LogP contribution in [0.2, 0.25) is 0 Å². The molecule has 4 heteroatoms. The Morgan fingerprint density at radius 2 is 0.765 bits per heavy atom. The van der Waals surface area contributed by atoms with Crippen LogP contribution in [0.5, 0.6) is 0 Å². The molecule has 4 nitrogen and oxygen atoms in total. The van der Waals surface area contributed by atoms with Gasteiger partial charge in [-0.2, -0.15) is 0 Å². The monoisotopic (exact) mass is 434 g/mol. The first-order valence-electron chi connectivity index (χ1n) is 11.2. The van der Waals surface area contributed by atoms with E-state index in [1.54, 1.807) is 0 Å². The minimum Gasteiger partial charge on any atom is -0.254 e. The molecule has 0 saturated heterocycles. The predicted molar refractivity (Wildman–Crippen MR) is 139 cm³/mol. The molecular formula is C30H18N4. The molecule has 0 bridgehead atoms. The number of hydrogen-bond acceptors (Lipinski definition) is 4. The Balaban J connectivity index is 1.46. The topological polar surface area (TPSA) is 51.6 Å². The molecule has 7 aromatic rings. The highest BCUT2D eigenvalue weighted by Crippen LogP contribution is 2.34. The van der Waals surface area contributed by atoms with Crippen molar-refractivity contribution in [2.45, 2.75) is 0 Å². The fraction of sp³-hybridized carbons (Fsp3) is 0. The Bertz CT molecular complexity index is 1740. The number of fused-ring (bicyclic) bond motifs is 6. The SMILES string of the molecule is c1ccc(-c2ccc3ccc4cccnc4c3n2)c(-c2ccc3ccc4cccnc4c3n2)c1. The van der Waals surface area contributed by atoms with Crippen LogP contribution >= 0.6 is 0 Å². The van der Waals surface area contributed by atoms with Crippen molar-refractivity contribution in [1.82, 2.24) is 19.9 Å². The number of hydrogen-bond donors (Lipinski definition) is 0. The Kier molecular flexibility index (Phi) is 4.11. The Morgan fingerprint density at radius 1 is 0.353 bits per heavy atom. The summed E-state index contributed by atoms with van der Waals surface area (Å²) in [4.78, 5) is 19.4. The maximum absolute atomic E-state index is 5.07. The Labute approximate surface area is 195 Å². The zero-order valence-electron chi connectivity index (χ0n) is 18.2. The largest absolute Gasteiger partial charge is 0.254 e. The molecule has 0 saturated carbocycles. The number of benzene rings is 3. The third-order valence-electron chi connectivity index (χ3n) is 6.34. The zero-order valence-corrected chi connectivity index (χ0v) is 18.2. The molecule has 7 rings (SSSR count). The van der Waals surface area contributed by atoms with E-state index in [1.807, 2.05) is 36.7 Å². The molecule has 0 atom stereocenters. The summed E-state index contributed by atoms with van der Waals surface area (Å²) in [6.07, 6.45) is 3.64. The minimum atomic E-state index is 0.902. The summed E-state index contributed by atoms with van der Waals surface area (Å²) >= 11 is 0. The molecule has 0 N–H and O–H groups in total. The van der Waals surface area contributed by atoms with E-state index in [0.29, 0.717) is 0 Å². The van der Waals surface area contributed by atoms with Gasteiger partial charge in [0.05, 0.1) is 33.5 Å². The van der Waals surface area contributed by atoms with Crippen LogP contribution in [0.3, 0.4) is 0 Å². The maximum Gasteiger partial charge on any atom is 0.0972 e. The van der Waals surface area contributed by atoms with Gasteiger partial charge in [-0.25, -0.2) is 9.97 Å². The molecule has 0 radical (unpaired) electrons. The second kappa shape index (κ2) is 7.42. The molecule has 0 aliphatic heterocycles. The molecular weight excluding hydrogens is 416 g/mol. The van der Waals surface area contributed by atoms with Gasteiger partial charge in [-0.3, -0.25) is 9.97 Å². The highest BCUT2D eigenvalue weighted by atomic mass is 14.8. The van der Waals surface area contributed by atoms with Gasteiger partial charge in [-0.05, 0) is 24.3 Å². The zero-order chi connectivity index (χ0) is 22.5. The van der Waals surface area contributed by atoms with E-state index < -0.39 is 0 Å². The molecule has 4 aromatic heterocycles. The van der Waals surface area contributed by atoms with Crippen molar-refractivity contribution in [2.75, 3.05) is 0 Å². The van der Waals surface area contributed by atoms with Crippen molar-refractivity contribution in [3.05, 3.63) is 109 Å². The van der Waals surface area contributed by atoms with E-state index in [4.69, 9.17) is 9.97 Å². The van der Waals surface area contributed by atoms with Crippen LogP contribution in [0, 0.1) is 0 Å². The van der Waals surface area contributed by atoms with Crippen molar-refractivity contribution in [3.63, 3.8) is 0 Å². The fourth-order valence-corrected chi connectivity index (χ4v) is 4.68. The summed E-state index contributed by atoms with van der Waals surface area (Å²) in [7, 11) is 0. The molecule has 0 aliphatic rings. The van der Waals surface area contributed by atoms with E-state index in [0.717, 1.165) is 66.1 Å². The summed E-state index contributed by atoms with van der Waals surface area (Å²) < 4.78 is 0. The van der Waals surface area contributed by atoms with Crippen molar-refractivity contribution < 1.29 is 0 Å². The van der Waals surface area contributed by atoms with E-state index >= 15 is 0 Å². The fourth-order valence-electron chi connectivity index (χ4n) is 4.68. The molecule has 4 heterocycles. The van der Waals surface area contributed by atoms with Crippen LogP contribution in [-0.4, -0.2) is 19.9 Å². The molecule has 34 heavy (non-hydrogen) atoms. The Hall–Kier alpha value is -4.70. The predicted octanol–water partition coefficient (Wildman–Crippen LogP) is 7.21. The quantitative estimate of drug-likeness (QED) is 0.270. The summed E-state index contributed by atoms with van der Waals surface area (Å²) in [5.41, 5.74) is 7.54. The summed E-state index contributed by atoms with van der Waals surface area (Å²) in [6.45, 7) is 0. The van der Waals surface area contributed by atoms with Crippen molar-refractivity contribution in [1.29, 1.82) is 0 Å². The van der Waals surface area contributed by atoms with Gasteiger partial charge in [0, 0.05) is 45.1 Å². The first kappa shape index (κ1) is 18.8. The number of aromatic nitrogens is 4. The van der Waals surface area contributed by atoms with Gasteiger partial charge in [-0.1, -0.05) is 72.8 Å². The Morgan fingerprint density at radius 3 is 1.24 bits per heavy atom. The summed E-state index contributed by atoms with van der Waals surface area (Å²) in [6, 6.07) is 33.1. The van der Waals surface area contributed by atoms with Crippen molar-refractivity contribution >= 4 is 43.6 Å². The van der Waals surface area contributed by atoms with Gasteiger partial charge in [0.15, 0.2) is 0 Å². The lowest BCUT2D eigenvalue weighted by Gasteiger charge is -2.11. The molecule has 0 unspecified atom stereocenters. The third-order valence-corrected chi connectivity index (χ3v) is 6.34. The van der Waals surface area contributed by atoms with Gasteiger partial charge in [0.2, 0.25) is 0 Å². The molecule has 0 aliphatic carbocycles. The average Bonchev–Trinajstić information content (AvgIpc) is 2.92. The third kappa shape index (κ3) is 2.93. The molecule has 158 valence electrons. The second-order valence-electron chi connectivity index (χ2n) is 8.36. The second-order valence-corrected chi connectivity index (χ2v) is 8.36. The number of nitrogens with zero attached hydrogens (tertiary/aromatic N) is 4. The van der Waals surface area contributed by atoms with Gasteiger partial charge in [-0.15, -0.1) is 0 Å². The summed E-state index contributed by atoms with van der Waals surface area (Å²) in [5.74, 6) is 0. The normalized spacial score (nSPS) is 11.5. The summed E-state index contributed by atoms with van der Waals surface area (Å²) in [5, 5.41) is 4.33. The van der Waals surface area contributed by atoms with Gasteiger partial charge in [0.1, 0.15) is 0 Å². The lowest BCUT2D eigenvalue weighted by Crippen LogP contribution is -1.93. The van der Waals surface area contributed by atoms with Crippen molar-refractivity contribution in [3.8, 4) is 22.5 Å². The highest BCUT2D eigenvalue weighted by Gasteiger charge is 2.13. The number of rotatable bonds is 2. The van der Waals surface area contributed by atoms with E-state index in [9.17, 15) is 0 Å². The van der Waals surface area contributed by atoms with Gasteiger partial charge < -0.3 is 0 Å². The van der Waals surface area contributed by atoms with Crippen molar-refractivity contribution in [2.24, 2.45) is 0 Å². The number of pyridine rings is 4. The van der Waals surface area contributed by atoms with Crippen LogP contribution in [0.1, 0.15) is 0 Å². The highest BCUT2D eigenvalue weighted by molar-refractivity contribution is 6.05. The maximum atomic E-state index is 5.07. The van der Waals surface area contributed by atoms with Crippen LogP contribution in [-0.2, 0) is 0 Å². The molecule has 3 aromatic carbocycles. The molecule has 0 fully saturated rings. The average molecular weight is 435 g/mol. The van der Waals surface area contributed by atoms with E-state index in [-0.39, 0.29) is 0 Å². The van der Waals surface area contributed by atoms with Crippen LogP contribution in [0.25, 0.3) is 66.1 Å². The molecule has 0 spiro atoms. The lowest BCUT2D eigenvalue weighted by atomic mass is 9.99. The van der Waals surface area contributed by atoms with Crippen LogP contribution in [0.4, 0.5) is 0 Å². The van der Waals surface area contributed by atoms with Gasteiger partial charge in [0.25, 0.3) is 0 Å².